The Hall–Kier alpha value is -2.63. The Morgan fingerprint density at radius 2 is 2.23 bits per heavy atom. The summed E-state index contributed by atoms with van der Waals surface area (Å²) in [4.78, 5) is 29.2. The fourth-order valence-electron chi connectivity index (χ4n) is 2.94. The number of aryl methyl sites for hydroxylation is 1. The molecule has 2 amide bonds. The Balaban J connectivity index is 1.91. The summed E-state index contributed by atoms with van der Waals surface area (Å²) < 4.78 is 0. The van der Waals surface area contributed by atoms with Gasteiger partial charge < -0.3 is 16.4 Å². The lowest BCUT2D eigenvalue weighted by atomic mass is 10.0. The number of hydrogen-bond acceptors (Lipinski definition) is 4. The molecule has 0 spiro atoms. The SMILES string of the molecule is Cc1cc2ccnc(N)c2cc1CN1CC[C@@H](C(N)=O)C1=O. The normalized spacial score (nSPS) is 18.1. The van der Waals surface area contributed by atoms with Gasteiger partial charge in [0, 0.05) is 24.7 Å². The number of nitrogens with zero attached hydrogens (tertiary/aromatic N) is 2. The monoisotopic (exact) mass is 298 g/mol. The molecule has 4 N–H and O–H groups in total. The van der Waals surface area contributed by atoms with E-state index in [1.54, 1.807) is 11.1 Å². The van der Waals surface area contributed by atoms with Crippen LogP contribution >= 0.6 is 0 Å². The molecule has 1 atom stereocenters. The number of anilines is 1. The van der Waals surface area contributed by atoms with E-state index in [-0.39, 0.29) is 5.91 Å². The van der Waals surface area contributed by atoms with Gasteiger partial charge in [-0.15, -0.1) is 0 Å². The largest absolute Gasteiger partial charge is 0.383 e. The van der Waals surface area contributed by atoms with E-state index in [0.29, 0.717) is 25.3 Å². The molecule has 1 aromatic heterocycles. The summed E-state index contributed by atoms with van der Waals surface area (Å²) in [6.07, 6.45) is 2.17. The van der Waals surface area contributed by atoms with Gasteiger partial charge in [0.25, 0.3) is 0 Å². The van der Waals surface area contributed by atoms with Crippen LogP contribution in [-0.2, 0) is 16.1 Å². The Kier molecular flexibility index (Phi) is 3.44. The molecule has 6 heteroatoms. The van der Waals surface area contributed by atoms with Gasteiger partial charge in [-0.05, 0) is 42.0 Å². The first-order chi connectivity index (χ1) is 10.5. The molecule has 3 rings (SSSR count). The first-order valence-corrected chi connectivity index (χ1v) is 7.19. The lowest BCUT2D eigenvalue weighted by Crippen LogP contribution is -2.33. The van der Waals surface area contributed by atoms with Crippen LogP contribution in [-0.4, -0.2) is 28.2 Å². The van der Waals surface area contributed by atoms with E-state index in [9.17, 15) is 9.59 Å². The molecule has 1 aromatic carbocycles. The number of benzene rings is 1. The van der Waals surface area contributed by atoms with Gasteiger partial charge in [-0.2, -0.15) is 0 Å². The molecule has 1 saturated heterocycles. The van der Waals surface area contributed by atoms with Crippen LogP contribution in [0, 0.1) is 12.8 Å². The van der Waals surface area contributed by atoms with E-state index < -0.39 is 11.8 Å². The van der Waals surface area contributed by atoms with Gasteiger partial charge in [0.15, 0.2) is 0 Å². The van der Waals surface area contributed by atoms with Gasteiger partial charge in [0.2, 0.25) is 11.8 Å². The van der Waals surface area contributed by atoms with E-state index in [1.807, 2.05) is 25.1 Å². The molecule has 2 aromatic rings. The Morgan fingerprint density at radius 1 is 1.45 bits per heavy atom. The van der Waals surface area contributed by atoms with E-state index >= 15 is 0 Å². The molecule has 0 unspecified atom stereocenters. The second-order valence-corrected chi connectivity index (χ2v) is 5.70. The minimum atomic E-state index is -0.688. The highest BCUT2D eigenvalue weighted by molar-refractivity contribution is 6.01. The van der Waals surface area contributed by atoms with E-state index in [0.717, 1.165) is 21.9 Å². The predicted octanol–water partition coefficient (Wildman–Crippen LogP) is 0.959. The topological polar surface area (TPSA) is 102 Å². The maximum atomic E-state index is 12.2. The van der Waals surface area contributed by atoms with Gasteiger partial charge in [0.05, 0.1) is 0 Å². The molecule has 0 saturated carbocycles. The summed E-state index contributed by atoms with van der Waals surface area (Å²) in [6.45, 7) is 3.00. The summed E-state index contributed by atoms with van der Waals surface area (Å²) in [5.41, 5.74) is 13.3. The average molecular weight is 298 g/mol. The number of amides is 2. The summed E-state index contributed by atoms with van der Waals surface area (Å²) in [5, 5.41) is 1.90. The lowest BCUT2D eigenvalue weighted by Gasteiger charge is -2.18. The molecular formula is C16H18N4O2. The van der Waals surface area contributed by atoms with E-state index in [4.69, 9.17) is 11.5 Å². The van der Waals surface area contributed by atoms with E-state index in [1.165, 1.54) is 0 Å². The van der Waals surface area contributed by atoms with Gasteiger partial charge in [0.1, 0.15) is 11.7 Å². The van der Waals surface area contributed by atoms with Crippen molar-refractivity contribution in [2.45, 2.75) is 19.9 Å². The Morgan fingerprint density at radius 3 is 2.91 bits per heavy atom. The van der Waals surface area contributed by atoms with Crippen LogP contribution in [0.1, 0.15) is 17.5 Å². The molecular weight excluding hydrogens is 280 g/mol. The summed E-state index contributed by atoms with van der Waals surface area (Å²) in [5.74, 6) is -0.948. The number of nitrogens with two attached hydrogens (primary N) is 2. The molecule has 0 bridgehead atoms. The molecule has 1 aliphatic heterocycles. The first kappa shape index (κ1) is 14.3. The lowest BCUT2D eigenvalue weighted by molar-refractivity contribution is -0.136. The van der Waals surface area contributed by atoms with Crippen LogP contribution in [0.3, 0.4) is 0 Å². The van der Waals surface area contributed by atoms with Gasteiger partial charge >= 0.3 is 0 Å². The number of pyridine rings is 1. The van der Waals surface area contributed by atoms with Crippen molar-refractivity contribution < 1.29 is 9.59 Å². The van der Waals surface area contributed by atoms with Crippen molar-refractivity contribution >= 4 is 28.4 Å². The highest BCUT2D eigenvalue weighted by Crippen LogP contribution is 2.26. The number of carbonyl (C=O) groups excluding carboxylic acids is 2. The fraction of sp³-hybridized carbons (Fsp3) is 0.312. The van der Waals surface area contributed by atoms with Crippen molar-refractivity contribution in [2.75, 3.05) is 12.3 Å². The van der Waals surface area contributed by atoms with Crippen LogP contribution in [0.2, 0.25) is 0 Å². The van der Waals surface area contributed by atoms with Gasteiger partial charge in [-0.3, -0.25) is 9.59 Å². The highest BCUT2D eigenvalue weighted by Gasteiger charge is 2.35. The smallest absolute Gasteiger partial charge is 0.235 e. The number of likely N-dealkylation sites (tertiary alicyclic amines) is 1. The molecule has 6 nitrogen and oxygen atoms in total. The summed E-state index contributed by atoms with van der Waals surface area (Å²) in [7, 11) is 0. The minimum Gasteiger partial charge on any atom is -0.383 e. The molecule has 0 radical (unpaired) electrons. The van der Waals surface area contributed by atoms with Crippen LogP contribution in [0.25, 0.3) is 10.8 Å². The van der Waals surface area contributed by atoms with Crippen molar-refractivity contribution in [3.63, 3.8) is 0 Å². The second kappa shape index (κ2) is 5.29. The Bertz CT molecular complexity index is 772. The number of carbonyl (C=O) groups is 2. The summed E-state index contributed by atoms with van der Waals surface area (Å²) >= 11 is 0. The molecule has 1 aliphatic rings. The molecule has 0 aliphatic carbocycles. The molecule has 114 valence electrons. The second-order valence-electron chi connectivity index (χ2n) is 5.70. The summed E-state index contributed by atoms with van der Waals surface area (Å²) in [6, 6.07) is 5.92. The minimum absolute atomic E-state index is 0.189. The van der Waals surface area contributed by atoms with E-state index in [2.05, 4.69) is 4.98 Å². The first-order valence-electron chi connectivity index (χ1n) is 7.19. The van der Waals surface area contributed by atoms with Crippen LogP contribution in [0.5, 0.6) is 0 Å². The van der Waals surface area contributed by atoms with Crippen LogP contribution in [0.15, 0.2) is 24.4 Å². The zero-order valence-corrected chi connectivity index (χ0v) is 12.4. The Labute approximate surface area is 128 Å². The standard InChI is InChI=1S/C16H18N4O2/c1-9-6-10-2-4-19-14(17)13(10)7-11(9)8-20-5-3-12(15(18)21)16(20)22/h2,4,6-7,12H,3,5,8H2,1H3,(H2,17,19)(H2,18,21)/t12-/m0/s1. The molecule has 1 fully saturated rings. The number of primary amides is 1. The third-order valence-electron chi connectivity index (χ3n) is 4.25. The van der Waals surface area contributed by atoms with Crippen molar-refractivity contribution in [3.8, 4) is 0 Å². The van der Waals surface area contributed by atoms with Gasteiger partial charge in [-0.25, -0.2) is 4.98 Å². The van der Waals surface area contributed by atoms with Crippen molar-refractivity contribution in [1.82, 2.24) is 9.88 Å². The zero-order chi connectivity index (χ0) is 15.9. The quantitative estimate of drug-likeness (QED) is 0.824. The van der Waals surface area contributed by atoms with Crippen LogP contribution < -0.4 is 11.5 Å². The van der Waals surface area contributed by atoms with Crippen molar-refractivity contribution in [3.05, 3.63) is 35.5 Å². The number of rotatable bonds is 3. The predicted molar refractivity (Wildman–Crippen MR) is 83.6 cm³/mol. The zero-order valence-electron chi connectivity index (χ0n) is 12.4. The molecule has 2 heterocycles. The third kappa shape index (κ3) is 2.36. The number of nitrogen functional groups attached to an aromatic ring is 1. The fourth-order valence-corrected chi connectivity index (χ4v) is 2.94. The third-order valence-corrected chi connectivity index (χ3v) is 4.25. The average Bonchev–Trinajstić information content (AvgIpc) is 2.82. The maximum Gasteiger partial charge on any atom is 0.235 e. The number of hydrogen-bond donors (Lipinski definition) is 2. The maximum absolute atomic E-state index is 12.2. The number of fused-ring (bicyclic) bond motifs is 1. The van der Waals surface area contributed by atoms with Crippen molar-refractivity contribution in [2.24, 2.45) is 11.7 Å². The highest BCUT2D eigenvalue weighted by atomic mass is 16.2. The number of aromatic nitrogens is 1. The van der Waals surface area contributed by atoms with Crippen LogP contribution in [0.4, 0.5) is 5.82 Å². The van der Waals surface area contributed by atoms with Gasteiger partial charge in [-0.1, -0.05) is 6.07 Å². The molecule has 22 heavy (non-hydrogen) atoms. The van der Waals surface area contributed by atoms with Crippen molar-refractivity contribution in [1.29, 1.82) is 0 Å².